The molecule has 0 aliphatic rings. The van der Waals surface area contributed by atoms with Crippen LogP contribution in [0.25, 0.3) is 0 Å². The van der Waals surface area contributed by atoms with Gasteiger partial charge in [-0.2, -0.15) is 0 Å². The largest absolute Gasteiger partial charge is 0.326 e. The van der Waals surface area contributed by atoms with E-state index in [0.29, 0.717) is 17.8 Å². The number of amides is 2. The number of rotatable bonds is 8. The Morgan fingerprint density at radius 3 is 2.09 bits per heavy atom. The molecular formula is C15H23N3O4S. The van der Waals surface area contributed by atoms with E-state index in [0.717, 1.165) is 6.42 Å². The lowest BCUT2D eigenvalue weighted by molar-refractivity contribution is -0.117. The van der Waals surface area contributed by atoms with Crippen LogP contribution in [0, 0.1) is 0 Å². The van der Waals surface area contributed by atoms with Crippen molar-refractivity contribution in [2.75, 3.05) is 16.4 Å². The van der Waals surface area contributed by atoms with Gasteiger partial charge in [0.15, 0.2) is 0 Å². The maximum absolute atomic E-state index is 12.0. The number of nitrogens with one attached hydrogen (secondary N) is 3. The average Bonchev–Trinajstić information content (AvgIpc) is 2.46. The van der Waals surface area contributed by atoms with Gasteiger partial charge in [-0.05, 0) is 37.6 Å². The summed E-state index contributed by atoms with van der Waals surface area (Å²) < 4.78 is 25.9. The van der Waals surface area contributed by atoms with Crippen molar-refractivity contribution in [2.24, 2.45) is 0 Å². The third-order valence-electron chi connectivity index (χ3n) is 2.99. The van der Waals surface area contributed by atoms with Gasteiger partial charge in [0.2, 0.25) is 21.8 Å². The first-order valence-electron chi connectivity index (χ1n) is 7.42. The molecule has 0 aliphatic carbocycles. The summed E-state index contributed by atoms with van der Waals surface area (Å²) in [4.78, 5) is 22.9. The van der Waals surface area contributed by atoms with Crippen molar-refractivity contribution < 1.29 is 18.0 Å². The number of carbonyl (C=O) groups is 2. The van der Waals surface area contributed by atoms with Crippen LogP contribution in [0.5, 0.6) is 0 Å². The molecule has 0 radical (unpaired) electrons. The van der Waals surface area contributed by atoms with Crippen LogP contribution in [0.1, 0.15) is 33.6 Å². The van der Waals surface area contributed by atoms with Gasteiger partial charge in [0.05, 0.1) is 11.8 Å². The standard InChI is InChI=1S/C15H23N3O4S/c1-4-5-10-23(21,22)18-11(2)15(20)17-14-8-6-13(7-9-14)16-12(3)19/h6-9,11,18H,4-5,10H2,1-3H3,(H,16,19)(H,17,20)/t11-/m0/s1. The maximum atomic E-state index is 12.0. The van der Waals surface area contributed by atoms with E-state index in [2.05, 4.69) is 15.4 Å². The lowest BCUT2D eigenvalue weighted by atomic mass is 10.2. The minimum absolute atomic E-state index is 0.00648. The highest BCUT2D eigenvalue weighted by atomic mass is 32.2. The second kappa shape index (κ2) is 8.64. The Labute approximate surface area is 136 Å². The van der Waals surface area contributed by atoms with Gasteiger partial charge < -0.3 is 10.6 Å². The number of hydrogen-bond acceptors (Lipinski definition) is 4. The van der Waals surface area contributed by atoms with Crippen molar-refractivity contribution in [1.82, 2.24) is 4.72 Å². The number of sulfonamides is 1. The van der Waals surface area contributed by atoms with Crippen molar-refractivity contribution >= 4 is 33.2 Å². The van der Waals surface area contributed by atoms with Crippen LogP contribution in [-0.2, 0) is 19.6 Å². The first-order chi connectivity index (χ1) is 10.7. The molecule has 1 aromatic carbocycles. The number of benzene rings is 1. The van der Waals surface area contributed by atoms with Gasteiger partial charge in [-0.1, -0.05) is 13.3 Å². The fourth-order valence-electron chi connectivity index (χ4n) is 1.81. The molecule has 0 heterocycles. The normalized spacial score (nSPS) is 12.5. The van der Waals surface area contributed by atoms with E-state index < -0.39 is 22.0 Å². The van der Waals surface area contributed by atoms with E-state index in [9.17, 15) is 18.0 Å². The Morgan fingerprint density at radius 2 is 1.61 bits per heavy atom. The Bertz CT molecular complexity index is 641. The van der Waals surface area contributed by atoms with Crippen LogP contribution in [-0.4, -0.2) is 32.0 Å². The molecule has 3 N–H and O–H groups in total. The fourth-order valence-corrected chi connectivity index (χ4v) is 3.24. The molecule has 23 heavy (non-hydrogen) atoms. The predicted octanol–water partition coefficient (Wildman–Crippen LogP) is 1.69. The molecule has 0 spiro atoms. The zero-order valence-corrected chi connectivity index (χ0v) is 14.4. The van der Waals surface area contributed by atoms with E-state index in [1.54, 1.807) is 24.3 Å². The van der Waals surface area contributed by atoms with Crippen LogP contribution < -0.4 is 15.4 Å². The van der Waals surface area contributed by atoms with Crippen LogP contribution in [0.3, 0.4) is 0 Å². The number of carbonyl (C=O) groups excluding carboxylic acids is 2. The second-order valence-electron chi connectivity index (χ2n) is 5.26. The van der Waals surface area contributed by atoms with Gasteiger partial charge in [0, 0.05) is 18.3 Å². The third kappa shape index (κ3) is 7.25. The van der Waals surface area contributed by atoms with Crippen molar-refractivity contribution in [3.63, 3.8) is 0 Å². The lowest BCUT2D eigenvalue weighted by Gasteiger charge is -2.14. The second-order valence-corrected chi connectivity index (χ2v) is 7.13. The van der Waals surface area contributed by atoms with Crippen molar-refractivity contribution in [3.05, 3.63) is 24.3 Å². The van der Waals surface area contributed by atoms with Crippen LogP contribution >= 0.6 is 0 Å². The molecule has 0 unspecified atom stereocenters. The molecular weight excluding hydrogens is 318 g/mol. The van der Waals surface area contributed by atoms with E-state index in [1.807, 2.05) is 6.92 Å². The van der Waals surface area contributed by atoms with E-state index in [-0.39, 0.29) is 11.7 Å². The molecule has 0 aliphatic heterocycles. The first kappa shape index (κ1) is 19.1. The van der Waals surface area contributed by atoms with Gasteiger partial charge in [-0.15, -0.1) is 0 Å². The maximum Gasteiger partial charge on any atom is 0.242 e. The van der Waals surface area contributed by atoms with Crippen molar-refractivity contribution in [3.8, 4) is 0 Å². The molecule has 0 fully saturated rings. The summed E-state index contributed by atoms with van der Waals surface area (Å²) in [6, 6.07) is 5.68. The Hall–Kier alpha value is -1.93. The highest BCUT2D eigenvalue weighted by Gasteiger charge is 2.19. The zero-order valence-electron chi connectivity index (χ0n) is 13.5. The first-order valence-corrected chi connectivity index (χ1v) is 9.07. The van der Waals surface area contributed by atoms with E-state index in [4.69, 9.17) is 0 Å². The zero-order chi connectivity index (χ0) is 17.5. The summed E-state index contributed by atoms with van der Waals surface area (Å²) in [6.45, 7) is 4.79. The molecule has 2 amide bonds. The molecule has 0 aromatic heterocycles. The topological polar surface area (TPSA) is 104 Å². The Balaban J connectivity index is 2.59. The highest BCUT2D eigenvalue weighted by molar-refractivity contribution is 7.89. The molecule has 0 saturated heterocycles. The molecule has 0 bridgehead atoms. The SMILES string of the molecule is CCCCS(=O)(=O)N[C@@H](C)C(=O)Nc1ccc(NC(C)=O)cc1. The summed E-state index contributed by atoms with van der Waals surface area (Å²) >= 11 is 0. The minimum Gasteiger partial charge on any atom is -0.326 e. The highest BCUT2D eigenvalue weighted by Crippen LogP contribution is 2.13. The third-order valence-corrected chi connectivity index (χ3v) is 4.53. The van der Waals surface area contributed by atoms with Crippen LogP contribution in [0.2, 0.25) is 0 Å². The van der Waals surface area contributed by atoms with Crippen molar-refractivity contribution in [2.45, 2.75) is 39.7 Å². The van der Waals surface area contributed by atoms with Gasteiger partial charge in [-0.3, -0.25) is 9.59 Å². The number of unbranched alkanes of at least 4 members (excludes halogenated alkanes) is 1. The summed E-state index contributed by atoms with van der Waals surface area (Å²) in [5.41, 5.74) is 1.13. The average molecular weight is 341 g/mol. The van der Waals surface area contributed by atoms with E-state index >= 15 is 0 Å². The van der Waals surface area contributed by atoms with Gasteiger partial charge in [0.1, 0.15) is 0 Å². The summed E-state index contributed by atoms with van der Waals surface area (Å²) in [6.07, 6.45) is 1.32. The molecule has 1 aromatic rings. The molecule has 1 rings (SSSR count). The Kier molecular flexibility index (Phi) is 7.18. The quantitative estimate of drug-likeness (QED) is 0.669. The van der Waals surface area contributed by atoms with Crippen LogP contribution in [0.15, 0.2) is 24.3 Å². The predicted molar refractivity (Wildman–Crippen MR) is 90.7 cm³/mol. The molecule has 7 nitrogen and oxygen atoms in total. The smallest absolute Gasteiger partial charge is 0.242 e. The summed E-state index contributed by atoms with van der Waals surface area (Å²) in [5.74, 6) is -0.624. The van der Waals surface area contributed by atoms with Gasteiger partial charge >= 0.3 is 0 Å². The van der Waals surface area contributed by atoms with Gasteiger partial charge in [0.25, 0.3) is 0 Å². The minimum atomic E-state index is -3.46. The van der Waals surface area contributed by atoms with Gasteiger partial charge in [-0.25, -0.2) is 13.1 Å². The van der Waals surface area contributed by atoms with E-state index in [1.165, 1.54) is 13.8 Å². The fraction of sp³-hybridized carbons (Fsp3) is 0.467. The molecule has 8 heteroatoms. The number of anilines is 2. The lowest BCUT2D eigenvalue weighted by Crippen LogP contribution is -2.42. The summed E-state index contributed by atoms with van der Waals surface area (Å²) in [5, 5.41) is 5.24. The molecule has 1 atom stereocenters. The molecule has 128 valence electrons. The number of hydrogen-bond donors (Lipinski definition) is 3. The molecule has 0 saturated carbocycles. The van der Waals surface area contributed by atoms with Crippen LogP contribution in [0.4, 0.5) is 11.4 Å². The monoisotopic (exact) mass is 341 g/mol. The summed E-state index contributed by atoms with van der Waals surface area (Å²) in [7, 11) is -3.46. The van der Waals surface area contributed by atoms with Crippen molar-refractivity contribution in [1.29, 1.82) is 0 Å². The Morgan fingerprint density at radius 1 is 1.09 bits per heavy atom.